The Labute approximate surface area is 118 Å². The SMILES string of the molecule is CCC1c2ccccc2C(=O)N1c1ccc(OC)cc1. The lowest BCUT2D eigenvalue weighted by Crippen LogP contribution is -2.27. The van der Waals surface area contributed by atoms with E-state index in [1.165, 1.54) is 0 Å². The number of hydrogen-bond acceptors (Lipinski definition) is 2. The molecule has 0 aliphatic carbocycles. The molecule has 1 aliphatic heterocycles. The van der Waals surface area contributed by atoms with Gasteiger partial charge in [-0.25, -0.2) is 0 Å². The van der Waals surface area contributed by atoms with Gasteiger partial charge in [-0.2, -0.15) is 0 Å². The molecule has 3 nitrogen and oxygen atoms in total. The van der Waals surface area contributed by atoms with E-state index in [0.717, 1.165) is 29.0 Å². The number of hydrogen-bond donors (Lipinski definition) is 0. The zero-order valence-electron chi connectivity index (χ0n) is 11.7. The minimum atomic E-state index is 0.0811. The lowest BCUT2D eigenvalue weighted by atomic mass is 10.0. The summed E-state index contributed by atoms with van der Waals surface area (Å²) in [7, 11) is 1.64. The van der Waals surface area contributed by atoms with E-state index in [4.69, 9.17) is 4.74 Å². The van der Waals surface area contributed by atoms with Crippen LogP contribution < -0.4 is 9.64 Å². The molecule has 1 atom stereocenters. The second-order valence-corrected chi connectivity index (χ2v) is 4.88. The van der Waals surface area contributed by atoms with Crippen molar-refractivity contribution in [1.82, 2.24) is 0 Å². The number of nitrogens with zero attached hydrogens (tertiary/aromatic N) is 1. The van der Waals surface area contributed by atoms with Gasteiger partial charge in [0.1, 0.15) is 5.75 Å². The van der Waals surface area contributed by atoms with Crippen molar-refractivity contribution in [1.29, 1.82) is 0 Å². The number of amides is 1. The van der Waals surface area contributed by atoms with E-state index in [1.54, 1.807) is 7.11 Å². The van der Waals surface area contributed by atoms with Crippen molar-refractivity contribution in [3.8, 4) is 5.75 Å². The summed E-state index contributed by atoms with van der Waals surface area (Å²) in [5.41, 5.74) is 2.85. The van der Waals surface area contributed by atoms with Crippen molar-refractivity contribution >= 4 is 11.6 Å². The van der Waals surface area contributed by atoms with Crippen LogP contribution >= 0.6 is 0 Å². The third kappa shape index (κ3) is 1.86. The average molecular weight is 267 g/mol. The van der Waals surface area contributed by atoms with Gasteiger partial charge in [-0.05, 0) is 42.3 Å². The molecule has 0 saturated heterocycles. The van der Waals surface area contributed by atoms with Crippen molar-refractivity contribution in [2.45, 2.75) is 19.4 Å². The van der Waals surface area contributed by atoms with Crippen LogP contribution in [0, 0.1) is 0 Å². The topological polar surface area (TPSA) is 29.5 Å². The summed E-state index contributed by atoms with van der Waals surface area (Å²) in [5, 5.41) is 0. The highest BCUT2D eigenvalue weighted by atomic mass is 16.5. The van der Waals surface area contributed by atoms with Crippen LogP contribution in [0.15, 0.2) is 48.5 Å². The molecule has 102 valence electrons. The first-order chi connectivity index (χ1) is 9.76. The largest absolute Gasteiger partial charge is 0.497 e. The minimum Gasteiger partial charge on any atom is -0.497 e. The monoisotopic (exact) mass is 267 g/mol. The Bertz CT molecular complexity index is 634. The molecule has 0 N–H and O–H groups in total. The number of anilines is 1. The Kier molecular flexibility index (Phi) is 3.18. The zero-order valence-corrected chi connectivity index (χ0v) is 11.7. The van der Waals surface area contributed by atoms with Gasteiger partial charge in [0.25, 0.3) is 5.91 Å². The zero-order chi connectivity index (χ0) is 14.1. The van der Waals surface area contributed by atoms with Gasteiger partial charge in [0.15, 0.2) is 0 Å². The fraction of sp³-hybridized carbons (Fsp3) is 0.235. The standard InChI is InChI=1S/C17H17NO2/c1-3-16-14-6-4-5-7-15(14)17(19)18(16)12-8-10-13(20-2)11-9-12/h4-11,16H,3H2,1-2H3. The molecular weight excluding hydrogens is 250 g/mol. The van der Waals surface area contributed by atoms with Crippen molar-refractivity contribution in [2.24, 2.45) is 0 Å². The molecule has 20 heavy (non-hydrogen) atoms. The van der Waals surface area contributed by atoms with Crippen LogP contribution in [0.25, 0.3) is 0 Å². The summed E-state index contributed by atoms with van der Waals surface area (Å²) < 4.78 is 5.17. The first kappa shape index (κ1) is 12.7. The number of rotatable bonds is 3. The van der Waals surface area contributed by atoms with Crippen LogP contribution in [0.5, 0.6) is 5.75 Å². The van der Waals surface area contributed by atoms with E-state index in [1.807, 2.05) is 53.4 Å². The predicted octanol–water partition coefficient (Wildman–Crippen LogP) is 3.81. The Morgan fingerprint density at radius 3 is 2.45 bits per heavy atom. The number of ether oxygens (including phenoxy) is 1. The summed E-state index contributed by atoms with van der Waals surface area (Å²) in [6, 6.07) is 15.6. The third-order valence-corrected chi connectivity index (χ3v) is 3.82. The van der Waals surface area contributed by atoms with Crippen LogP contribution in [0.2, 0.25) is 0 Å². The molecule has 1 unspecified atom stereocenters. The van der Waals surface area contributed by atoms with Gasteiger partial charge >= 0.3 is 0 Å². The normalized spacial score (nSPS) is 17.2. The maximum absolute atomic E-state index is 12.6. The number of carbonyl (C=O) groups is 1. The Balaban J connectivity index is 2.03. The van der Waals surface area contributed by atoms with Crippen LogP contribution in [0.3, 0.4) is 0 Å². The fourth-order valence-electron chi connectivity index (χ4n) is 2.84. The Morgan fingerprint density at radius 2 is 1.80 bits per heavy atom. The van der Waals surface area contributed by atoms with E-state index in [2.05, 4.69) is 6.92 Å². The lowest BCUT2D eigenvalue weighted by molar-refractivity contribution is 0.0990. The van der Waals surface area contributed by atoms with Crippen molar-refractivity contribution in [2.75, 3.05) is 12.0 Å². The Morgan fingerprint density at radius 1 is 1.10 bits per heavy atom. The maximum Gasteiger partial charge on any atom is 0.259 e. The van der Waals surface area contributed by atoms with E-state index < -0.39 is 0 Å². The molecule has 1 amide bonds. The van der Waals surface area contributed by atoms with Gasteiger partial charge in [0, 0.05) is 11.3 Å². The first-order valence-electron chi connectivity index (χ1n) is 6.82. The molecule has 0 spiro atoms. The number of benzene rings is 2. The summed E-state index contributed by atoms with van der Waals surface area (Å²) in [6.07, 6.45) is 0.898. The second kappa shape index (κ2) is 5.00. The number of methoxy groups -OCH3 is 1. The summed E-state index contributed by atoms with van der Waals surface area (Å²) in [5.74, 6) is 0.878. The highest BCUT2D eigenvalue weighted by Gasteiger charge is 2.36. The highest BCUT2D eigenvalue weighted by Crippen LogP contribution is 2.39. The second-order valence-electron chi connectivity index (χ2n) is 4.88. The highest BCUT2D eigenvalue weighted by molar-refractivity contribution is 6.11. The lowest BCUT2D eigenvalue weighted by Gasteiger charge is -2.24. The predicted molar refractivity (Wildman–Crippen MR) is 79.3 cm³/mol. The molecule has 1 aliphatic rings. The minimum absolute atomic E-state index is 0.0811. The molecule has 0 radical (unpaired) electrons. The molecular formula is C17H17NO2. The van der Waals surface area contributed by atoms with Gasteiger partial charge in [-0.3, -0.25) is 4.79 Å². The molecule has 3 heteroatoms. The van der Waals surface area contributed by atoms with Crippen LogP contribution in [0.4, 0.5) is 5.69 Å². The van der Waals surface area contributed by atoms with Crippen LogP contribution in [-0.4, -0.2) is 13.0 Å². The van der Waals surface area contributed by atoms with Crippen LogP contribution in [-0.2, 0) is 0 Å². The summed E-state index contributed by atoms with van der Waals surface area (Å²) >= 11 is 0. The van der Waals surface area contributed by atoms with E-state index in [0.29, 0.717) is 0 Å². The summed E-state index contributed by atoms with van der Waals surface area (Å²) in [6.45, 7) is 2.11. The molecule has 1 heterocycles. The number of carbonyl (C=O) groups excluding carboxylic acids is 1. The average Bonchev–Trinajstić information content (AvgIpc) is 2.80. The molecule has 2 aromatic rings. The van der Waals surface area contributed by atoms with Gasteiger partial charge in [-0.15, -0.1) is 0 Å². The first-order valence-corrected chi connectivity index (χ1v) is 6.82. The molecule has 0 aromatic heterocycles. The van der Waals surface area contributed by atoms with Crippen molar-refractivity contribution < 1.29 is 9.53 Å². The molecule has 0 bridgehead atoms. The van der Waals surface area contributed by atoms with Crippen molar-refractivity contribution in [3.05, 3.63) is 59.7 Å². The van der Waals surface area contributed by atoms with E-state index >= 15 is 0 Å². The molecule has 0 saturated carbocycles. The smallest absolute Gasteiger partial charge is 0.259 e. The fourth-order valence-corrected chi connectivity index (χ4v) is 2.84. The Hall–Kier alpha value is -2.29. The molecule has 0 fully saturated rings. The van der Waals surface area contributed by atoms with E-state index in [-0.39, 0.29) is 11.9 Å². The van der Waals surface area contributed by atoms with Crippen molar-refractivity contribution in [3.63, 3.8) is 0 Å². The summed E-state index contributed by atoms with van der Waals surface area (Å²) in [4.78, 5) is 14.5. The number of fused-ring (bicyclic) bond motifs is 1. The van der Waals surface area contributed by atoms with Gasteiger partial charge < -0.3 is 9.64 Å². The molecule has 2 aromatic carbocycles. The van der Waals surface area contributed by atoms with Gasteiger partial charge in [0.05, 0.1) is 13.2 Å². The maximum atomic E-state index is 12.6. The van der Waals surface area contributed by atoms with E-state index in [9.17, 15) is 4.79 Å². The van der Waals surface area contributed by atoms with Gasteiger partial charge in [-0.1, -0.05) is 25.1 Å². The molecule has 3 rings (SSSR count). The third-order valence-electron chi connectivity index (χ3n) is 3.82. The van der Waals surface area contributed by atoms with Gasteiger partial charge in [0.2, 0.25) is 0 Å². The quantitative estimate of drug-likeness (QED) is 0.846. The van der Waals surface area contributed by atoms with Crippen LogP contribution in [0.1, 0.15) is 35.3 Å².